The van der Waals surface area contributed by atoms with Gasteiger partial charge in [-0.15, -0.1) is 0 Å². The Morgan fingerprint density at radius 2 is 1.79 bits per heavy atom. The Labute approximate surface area is 88.4 Å². The summed E-state index contributed by atoms with van der Waals surface area (Å²) in [5.41, 5.74) is 3.71. The van der Waals surface area contributed by atoms with Crippen molar-refractivity contribution in [3.8, 4) is 11.8 Å². The zero-order chi connectivity index (χ0) is 11.0. The molecule has 14 heavy (non-hydrogen) atoms. The maximum atomic E-state index is 3.15. The van der Waals surface area contributed by atoms with Gasteiger partial charge in [0.2, 0.25) is 0 Å². The van der Waals surface area contributed by atoms with Crippen LogP contribution in [0.2, 0.25) is 0 Å². The van der Waals surface area contributed by atoms with E-state index in [-0.39, 0.29) is 0 Å². The van der Waals surface area contributed by atoms with Crippen LogP contribution in [0.15, 0.2) is 18.2 Å². The van der Waals surface area contributed by atoms with Crippen molar-refractivity contribution in [1.29, 1.82) is 0 Å². The van der Waals surface area contributed by atoms with Crippen LogP contribution in [0.1, 0.15) is 43.9 Å². The molecule has 0 aliphatic carbocycles. The smallest absolute Gasteiger partial charge is 0.0277 e. The SMILES string of the molecule is CC.CCC#Cc1cc(C)ccc1C. The molecule has 76 valence electrons. The third kappa shape index (κ3) is 4.14. The van der Waals surface area contributed by atoms with Crippen LogP contribution in [0.25, 0.3) is 0 Å². The molecule has 0 saturated heterocycles. The van der Waals surface area contributed by atoms with Crippen LogP contribution in [0.5, 0.6) is 0 Å². The molecule has 0 spiro atoms. The first-order valence-corrected chi connectivity index (χ1v) is 5.30. The quantitative estimate of drug-likeness (QED) is 0.538. The fourth-order valence-electron chi connectivity index (χ4n) is 1.05. The minimum atomic E-state index is 0.924. The third-order valence-electron chi connectivity index (χ3n) is 1.79. The predicted molar refractivity (Wildman–Crippen MR) is 64.4 cm³/mol. The van der Waals surface area contributed by atoms with Crippen molar-refractivity contribution in [2.24, 2.45) is 0 Å². The van der Waals surface area contributed by atoms with E-state index in [0.717, 1.165) is 12.0 Å². The van der Waals surface area contributed by atoms with Gasteiger partial charge in [0.25, 0.3) is 0 Å². The van der Waals surface area contributed by atoms with E-state index in [4.69, 9.17) is 0 Å². The average molecular weight is 188 g/mol. The van der Waals surface area contributed by atoms with Gasteiger partial charge in [0.05, 0.1) is 0 Å². The van der Waals surface area contributed by atoms with Crippen molar-refractivity contribution < 1.29 is 0 Å². The molecule has 0 fully saturated rings. The molecule has 0 nitrogen and oxygen atoms in total. The van der Waals surface area contributed by atoms with Gasteiger partial charge in [-0.25, -0.2) is 0 Å². The molecule has 1 aromatic carbocycles. The van der Waals surface area contributed by atoms with Crippen molar-refractivity contribution in [2.45, 2.75) is 41.0 Å². The number of rotatable bonds is 0. The highest BCUT2D eigenvalue weighted by Gasteiger charge is 1.92. The van der Waals surface area contributed by atoms with Gasteiger partial charge in [0, 0.05) is 12.0 Å². The molecule has 1 aromatic rings. The summed E-state index contributed by atoms with van der Waals surface area (Å²) in [4.78, 5) is 0. The topological polar surface area (TPSA) is 0 Å². The van der Waals surface area contributed by atoms with Gasteiger partial charge in [-0.1, -0.05) is 44.7 Å². The van der Waals surface area contributed by atoms with Crippen LogP contribution >= 0.6 is 0 Å². The molecular weight excluding hydrogens is 168 g/mol. The summed E-state index contributed by atoms with van der Waals surface area (Å²) in [5.74, 6) is 6.24. The molecule has 0 N–H and O–H groups in total. The zero-order valence-corrected chi connectivity index (χ0v) is 9.94. The molecular formula is C14H20. The summed E-state index contributed by atoms with van der Waals surface area (Å²) in [6.45, 7) is 10.3. The lowest BCUT2D eigenvalue weighted by molar-refractivity contribution is 1.27. The van der Waals surface area contributed by atoms with Crippen LogP contribution in [-0.2, 0) is 0 Å². The summed E-state index contributed by atoms with van der Waals surface area (Å²) in [5, 5.41) is 0. The fraction of sp³-hybridized carbons (Fsp3) is 0.429. The Morgan fingerprint density at radius 3 is 2.36 bits per heavy atom. The van der Waals surface area contributed by atoms with Crippen LogP contribution in [0, 0.1) is 25.7 Å². The fourth-order valence-corrected chi connectivity index (χ4v) is 1.05. The molecule has 0 aliphatic rings. The van der Waals surface area contributed by atoms with Gasteiger partial charge in [-0.3, -0.25) is 0 Å². The minimum Gasteiger partial charge on any atom is -0.0982 e. The van der Waals surface area contributed by atoms with E-state index in [1.807, 2.05) is 13.8 Å². The Bertz CT molecular complexity index is 324. The molecule has 0 bridgehead atoms. The molecule has 0 radical (unpaired) electrons. The molecule has 0 aromatic heterocycles. The van der Waals surface area contributed by atoms with Gasteiger partial charge in [-0.05, 0) is 31.0 Å². The first-order valence-electron chi connectivity index (χ1n) is 5.30. The van der Waals surface area contributed by atoms with E-state index in [1.165, 1.54) is 11.1 Å². The maximum absolute atomic E-state index is 3.15. The third-order valence-corrected chi connectivity index (χ3v) is 1.79. The number of benzene rings is 1. The van der Waals surface area contributed by atoms with Crippen LogP contribution in [0.3, 0.4) is 0 Å². The van der Waals surface area contributed by atoms with Gasteiger partial charge in [0.15, 0.2) is 0 Å². The number of hydrogen-bond acceptors (Lipinski definition) is 0. The van der Waals surface area contributed by atoms with Crippen molar-refractivity contribution in [3.63, 3.8) is 0 Å². The van der Waals surface area contributed by atoms with Crippen molar-refractivity contribution in [3.05, 3.63) is 34.9 Å². The molecule has 0 amide bonds. The van der Waals surface area contributed by atoms with Crippen molar-refractivity contribution in [1.82, 2.24) is 0 Å². The normalized spacial score (nSPS) is 8.07. The van der Waals surface area contributed by atoms with Crippen LogP contribution in [0.4, 0.5) is 0 Å². The second-order valence-corrected chi connectivity index (χ2v) is 2.97. The maximum Gasteiger partial charge on any atom is 0.0277 e. The van der Waals surface area contributed by atoms with E-state index in [2.05, 4.69) is 50.8 Å². The molecule has 1 rings (SSSR count). The number of aryl methyl sites for hydroxylation is 2. The Kier molecular flexibility index (Phi) is 6.58. The molecule has 0 unspecified atom stereocenters. The van der Waals surface area contributed by atoms with Crippen LogP contribution < -0.4 is 0 Å². The second kappa shape index (κ2) is 7.21. The van der Waals surface area contributed by atoms with E-state index in [1.54, 1.807) is 0 Å². The molecule has 0 heterocycles. The minimum absolute atomic E-state index is 0.924. The standard InChI is InChI=1S/C12H14.C2H6/c1-4-5-6-12-9-10(2)7-8-11(12)3;1-2/h7-9H,4H2,1-3H3;1-2H3. The predicted octanol–water partition coefficient (Wildman–Crippen LogP) is 4.09. The van der Waals surface area contributed by atoms with Gasteiger partial charge in [0.1, 0.15) is 0 Å². The highest BCUT2D eigenvalue weighted by molar-refractivity contribution is 5.42. The monoisotopic (exact) mass is 188 g/mol. The molecule has 0 heteroatoms. The van der Waals surface area contributed by atoms with Gasteiger partial charge < -0.3 is 0 Å². The number of hydrogen-bond donors (Lipinski definition) is 0. The van der Waals surface area contributed by atoms with E-state index in [0.29, 0.717) is 0 Å². The summed E-state index contributed by atoms with van der Waals surface area (Å²) < 4.78 is 0. The van der Waals surface area contributed by atoms with Crippen molar-refractivity contribution in [2.75, 3.05) is 0 Å². The van der Waals surface area contributed by atoms with Gasteiger partial charge in [-0.2, -0.15) is 0 Å². The highest BCUT2D eigenvalue weighted by Crippen LogP contribution is 2.08. The first-order chi connectivity index (χ1) is 6.74. The van der Waals surface area contributed by atoms with E-state index >= 15 is 0 Å². The highest BCUT2D eigenvalue weighted by atomic mass is 14.0. The summed E-state index contributed by atoms with van der Waals surface area (Å²) >= 11 is 0. The molecule has 0 saturated carbocycles. The van der Waals surface area contributed by atoms with Crippen LogP contribution in [-0.4, -0.2) is 0 Å². The lowest BCUT2D eigenvalue weighted by Gasteiger charge is -1.98. The summed E-state index contributed by atoms with van der Waals surface area (Å²) in [6, 6.07) is 6.37. The molecule has 0 aliphatic heterocycles. The van der Waals surface area contributed by atoms with E-state index < -0.39 is 0 Å². The lowest BCUT2D eigenvalue weighted by Crippen LogP contribution is -1.82. The average Bonchev–Trinajstić information content (AvgIpc) is 2.22. The van der Waals surface area contributed by atoms with Crippen molar-refractivity contribution >= 4 is 0 Å². The second-order valence-electron chi connectivity index (χ2n) is 2.97. The largest absolute Gasteiger partial charge is 0.0982 e. The lowest BCUT2D eigenvalue weighted by atomic mass is 10.1. The van der Waals surface area contributed by atoms with Gasteiger partial charge >= 0.3 is 0 Å². The molecule has 0 atom stereocenters. The summed E-state index contributed by atoms with van der Waals surface area (Å²) in [7, 11) is 0. The summed E-state index contributed by atoms with van der Waals surface area (Å²) in [6.07, 6.45) is 0.924. The Morgan fingerprint density at radius 1 is 1.14 bits per heavy atom. The Balaban J connectivity index is 0.000000791. The zero-order valence-electron chi connectivity index (χ0n) is 9.94. The Hall–Kier alpha value is -1.22. The van der Waals surface area contributed by atoms with E-state index in [9.17, 15) is 0 Å². The first kappa shape index (κ1) is 12.8.